The van der Waals surface area contributed by atoms with Crippen LogP contribution in [-0.2, 0) is 9.84 Å². The van der Waals surface area contributed by atoms with E-state index in [9.17, 15) is 18.6 Å². The molecule has 18 heavy (non-hydrogen) atoms. The highest BCUT2D eigenvalue weighted by atomic mass is 35.5. The number of phenols is 1. The third-order valence-electron chi connectivity index (χ3n) is 3.11. The summed E-state index contributed by atoms with van der Waals surface area (Å²) >= 11 is 5.83. The lowest BCUT2D eigenvalue weighted by Gasteiger charge is -2.26. The van der Waals surface area contributed by atoms with Crippen LogP contribution in [0.3, 0.4) is 0 Å². The minimum absolute atomic E-state index is 0.0747. The summed E-state index contributed by atoms with van der Waals surface area (Å²) in [7, 11) is -4.00. The first kappa shape index (κ1) is 15.1. The molecule has 1 rings (SSSR count). The van der Waals surface area contributed by atoms with Gasteiger partial charge in [0, 0.05) is 0 Å². The second-order valence-corrected chi connectivity index (χ2v) is 7.09. The highest BCUT2D eigenvalue weighted by Gasteiger charge is 2.41. The van der Waals surface area contributed by atoms with Crippen LogP contribution in [0.5, 0.6) is 5.75 Å². The molecule has 5 nitrogen and oxygen atoms in total. The molecule has 0 bridgehead atoms. The number of anilines is 1. The molecule has 1 aromatic carbocycles. The average Bonchev–Trinajstić information content (AvgIpc) is 2.32. The van der Waals surface area contributed by atoms with Gasteiger partial charge in [-0.25, -0.2) is 8.42 Å². The lowest BCUT2D eigenvalue weighted by atomic mass is 10.1. The summed E-state index contributed by atoms with van der Waals surface area (Å²) < 4.78 is 23.5. The number of hydrogen-bond acceptors (Lipinski definition) is 5. The Kier molecular flexibility index (Phi) is 4.15. The average molecular weight is 294 g/mol. The van der Waals surface area contributed by atoms with Gasteiger partial charge in [-0.05, 0) is 25.5 Å². The van der Waals surface area contributed by atoms with Gasteiger partial charge in [0.05, 0.1) is 22.1 Å². The molecule has 0 aliphatic rings. The molecule has 0 saturated carbocycles. The zero-order chi connectivity index (χ0) is 14.1. The summed E-state index contributed by atoms with van der Waals surface area (Å²) in [5.74, 6) is -0.573. The molecule has 1 aromatic rings. The third kappa shape index (κ3) is 2.15. The second kappa shape index (κ2) is 4.95. The maximum atomic E-state index is 12.5. The smallest absolute Gasteiger partial charge is 0.191 e. The van der Waals surface area contributed by atoms with Gasteiger partial charge in [-0.3, -0.25) is 0 Å². The van der Waals surface area contributed by atoms with Crippen molar-refractivity contribution >= 4 is 27.1 Å². The van der Waals surface area contributed by atoms with Gasteiger partial charge < -0.3 is 15.9 Å². The Morgan fingerprint density at radius 3 is 2.44 bits per heavy atom. The maximum Gasteiger partial charge on any atom is 0.191 e. The Hall–Kier alpha value is -0.980. The van der Waals surface area contributed by atoms with Gasteiger partial charge in [-0.1, -0.05) is 18.5 Å². The van der Waals surface area contributed by atoms with Gasteiger partial charge >= 0.3 is 0 Å². The molecular formula is C11H16ClNO4S. The molecule has 0 aliphatic carbocycles. The van der Waals surface area contributed by atoms with Crippen molar-refractivity contribution in [1.29, 1.82) is 0 Å². The number of aliphatic hydroxyl groups is 1. The van der Waals surface area contributed by atoms with E-state index < -0.39 is 31.8 Å². The van der Waals surface area contributed by atoms with E-state index in [4.69, 9.17) is 17.3 Å². The van der Waals surface area contributed by atoms with Gasteiger partial charge in [-0.2, -0.15) is 0 Å². The molecule has 102 valence electrons. The first-order valence-electron chi connectivity index (χ1n) is 5.33. The van der Waals surface area contributed by atoms with Crippen molar-refractivity contribution in [1.82, 2.24) is 0 Å². The number of phenolic OH excluding ortho intramolecular Hbond substituents is 1. The molecule has 1 atom stereocenters. The summed E-state index contributed by atoms with van der Waals surface area (Å²) in [5.41, 5.74) is 5.40. The molecule has 0 amide bonds. The number of hydrogen-bond donors (Lipinski definition) is 3. The first-order valence-corrected chi connectivity index (χ1v) is 7.20. The summed E-state index contributed by atoms with van der Waals surface area (Å²) in [5, 5.41) is 19.0. The van der Waals surface area contributed by atoms with Crippen LogP contribution < -0.4 is 5.73 Å². The van der Waals surface area contributed by atoms with Crippen LogP contribution in [-0.4, -0.2) is 30.0 Å². The van der Waals surface area contributed by atoms with Gasteiger partial charge in [0.2, 0.25) is 0 Å². The van der Waals surface area contributed by atoms with Crippen molar-refractivity contribution in [3.8, 4) is 5.75 Å². The molecular weight excluding hydrogens is 278 g/mol. The molecule has 0 radical (unpaired) electrons. The fourth-order valence-corrected chi connectivity index (χ4v) is 3.65. The minimum atomic E-state index is -4.00. The monoisotopic (exact) mass is 293 g/mol. The number of aromatic hydroxyl groups is 1. The van der Waals surface area contributed by atoms with Crippen LogP contribution in [0, 0.1) is 0 Å². The SMILES string of the molecule is CC[C@@](C)(CO)S(=O)(=O)c1c(Cl)ccc(N)c1O. The number of sulfone groups is 1. The van der Waals surface area contributed by atoms with E-state index in [1.165, 1.54) is 19.1 Å². The quantitative estimate of drug-likeness (QED) is 0.578. The van der Waals surface area contributed by atoms with E-state index in [1.54, 1.807) is 6.92 Å². The predicted octanol–water partition coefficient (Wildman–Crippen LogP) is 1.56. The van der Waals surface area contributed by atoms with Crippen molar-refractivity contribution < 1.29 is 18.6 Å². The second-order valence-electron chi connectivity index (χ2n) is 4.28. The van der Waals surface area contributed by atoms with Gasteiger partial charge in [0.25, 0.3) is 0 Å². The molecule has 0 aliphatic heterocycles. The molecule has 0 saturated heterocycles. The molecule has 7 heteroatoms. The lowest BCUT2D eigenvalue weighted by Crippen LogP contribution is -2.38. The maximum absolute atomic E-state index is 12.5. The standard InChI is InChI=1S/C11H16ClNO4S/c1-3-11(2,6-14)18(16,17)10-7(12)4-5-8(13)9(10)15/h4-5,14-15H,3,6,13H2,1-2H3/t11-/m0/s1. The number of aliphatic hydroxyl groups excluding tert-OH is 1. The largest absolute Gasteiger partial charge is 0.504 e. The van der Waals surface area contributed by atoms with Crippen LogP contribution >= 0.6 is 11.6 Å². The van der Waals surface area contributed by atoms with Crippen molar-refractivity contribution in [2.45, 2.75) is 29.9 Å². The summed E-state index contributed by atoms with van der Waals surface area (Å²) in [6, 6.07) is 2.62. The molecule has 4 N–H and O–H groups in total. The van der Waals surface area contributed by atoms with Crippen molar-refractivity contribution in [2.75, 3.05) is 12.3 Å². The van der Waals surface area contributed by atoms with Crippen molar-refractivity contribution in [3.05, 3.63) is 17.2 Å². The fraction of sp³-hybridized carbons (Fsp3) is 0.455. The summed E-state index contributed by atoms with van der Waals surface area (Å²) in [4.78, 5) is -0.428. The van der Waals surface area contributed by atoms with E-state index in [1.807, 2.05) is 0 Å². The van der Waals surface area contributed by atoms with E-state index in [0.29, 0.717) is 0 Å². The Morgan fingerprint density at radius 1 is 1.44 bits per heavy atom. The summed E-state index contributed by atoms with van der Waals surface area (Å²) in [6.45, 7) is 2.45. The van der Waals surface area contributed by atoms with Crippen LogP contribution in [0.1, 0.15) is 20.3 Å². The Labute approximate surface area is 111 Å². The molecule has 0 heterocycles. The van der Waals surface area contributed by atoms with Crippen LogP contribution in [0.2, 0.25) is 5.02 Å². The number of benzene rings is 1. The van der Waals surface area contributed by atoms with Crippen LogP contribution in [0.4, 0.5) is 5.69 Å². The zero-order valence-corrected chi connectivity index (χ0v) is 11.7. The zero-order valence-electron chi connectivity index (χ0n) is 10.1. The highest BCUT2D eigenvalue weighted by Crippen LogP contribution is 2.40. The Bertz CT molecular complexity index is 552. The van der Waals surface area contributed by atoms with Crippen LogP contribution in [0.25, 0.3) is 0 Å². The molecule has 0 aromatic heterocycles. The Morgan fingerprint density at radius 2 is 2.00 bits per heavy atom. The highest BCUT2D eigenvalue weighted by molar-refractivity contribution is 7.93. The fourth-order valence-electron chi connectivity index (χ4n) is 1.45. The minimum Gasteiger partial charge on any atom is -0.504 e. The van der Waals surface area contributed by atoms with Gasteiger partial charge in [-0.15, -0.1) is 0 Å². The number of nitrogens with two attached hydrogens (primary N) is 1. The first-order chi connectivity index (χ1) is 8.21. The number of rotatable bonds is 4. The normalized spacial score (nSPS) is 15.3. The number of nitrogen functional groups attached to an aromatic ring is 1. The van der Waals surface area contributed by atoms with Crippen molar-refractivity contribution in [3.63, 3.8) is 0 Å². The molecule has 0 fully saturated rings. The Balaban J connectivity index is 3.62. The van der Waals surface area contributed by atoms with E-state index in [0.717, 1.165) is 0 Å². The van der Waals surface area contributed by atoms with Gasteiger partial charge in [0.15, 0.2) is 15.6 Å². The van der Waals surface area contributed by atoms with E-state index in [2.05, 4.69) is 0 Å². The summed E-state index contributed by atoms with van der Waals surface area (Å²) in [6.07, 6.45) is 0.177. The van der Waals surface area contributed by atoms with E-state index in [-0.39, 0.29) is 17.1 Å². The predicted molar refractivity (Wildman–Crippen MR) is 70.5 cm³/mol. The third-order valence-corrected chi connectivity index (χ3v) is 6.21. The van der Waals surface area contributed by atoms with Crippen LogP contribution in [0.15, 0.2) is 17.0 Å². The van der Waals surface area contributed by atoms with Crippen molar-refractivity contribution in [2.24, 2.45) is 0 Å². The molecule has 0 spiro atoms. The topological polar surface area (TPSA) is 101 Å². The number of halogens is 1. The van der Waals surface area contributed by atoms with Gasteiger partial charge in [0.1, 0.15) is 4.90 Å². The molecule has 0 unspecified atom stereocenters. The lowest BCUT2D eigenvalue weighted by molar-refractivity contribution is 0.245. The van der Waals surface area contributed by atoms with E-state index >= 15 is 0 Å².